The number of carbonyl (C=O) groups is 2. The highest BCUT2D eigenvalue weighted by molar-refractivity contribution is 7.20. The molecule has 2 aromatic rings. The maximum atomic E-state index is 13.2. The van der Waals surface area contributed by atoms with Crippen molar-refractivity contribution in [3.63, 3.8) is 0 Å². The van der Waals surface area contributed by atoms with Crippen LogP contribution in [0.25, 0.3) is 10.2 Å². The number of aliphatic hydroxyl groups is 2. The third kappa shape index (κ3) is 6.61. The molecular weight excluding hydrogens is 490 g/mol. The number of nitrogens with zero attached hydrogens (tertiary/aromatic N) is 3. The second-order valence-electron chi connectivity index (χ2n) is 10.5. The maximum Gasteiger partial charge on any atom is 0.280 e. The van der Waals surface area contributed by atoms with Crippen molar-refractivity contribution in [3.8, 4) is 0 Å². The first-order chi connectivity index (χ1) is 18.0. The number of aromatic nitrogens is 1. The van der Waals surface area contributed by atoms with Gasteiger partial charge in [-0.1, -0.05) is 31.4 Å². The van der Waals surface area contributed by atoms with Crippen LogP contribution in [0.4, 0.5) is 0 Å². The number of benzene rings is 1. The number of aliphatic hydroxyl groups excluding tert-OH is 2. The molecule has 2 heterocycles. The van der Waals surface area contributed by atoms with Crippen molar-refractivity contribution in [2.75, 3.05) is 26.4 Å². The van der Waals surface area contributed by atoms with Gasteiger partial charge in [0.15, 0.2) is 5.01 Å². The minimum atomic E-state index is -1.05. The van der Waals surface area contributed by atoms with Gasteiger partial charge in [0.2, 0.25) is 5.91 Å². The van der Waals surface area contributed by atoms with Crippen molar-refractivity contribution in [2.24, 2.45) is 5.92 Å². The number of para-hydroxylation sites is 1. The molecule has 3 aliphatic rings. The molecule has 37 heavy (non-hydrogen) atoms. The van der Waals surface area contributed by atoms with Gasteiger partial charge in [0.05, 0.1) is 29.6 Å². The zero-order valence-electron chi connectivity index (χ0n) is 21.1. The molecule has 200 valence electrons. The van der Waals surface area contributed by atoms with E-state index >= 15 is 0 Å². The molecule has 2 fully saturated rings. The van der Waals surface area contributed by atoms with Gasteiger partial charge in [-0.3, -0.25) is 9.59 Å². The summed E-state index contributed by atoms with van der Waals surface area (Å²) < 4.78 is 0.913. The lowest BCUT2D eigenvalue weighted by atomic mass is 9.89. The smallest absolute Gasteiger partial charge is 0.280 e. The lowest BCUT2D eigenvalue weighted by Gasteiger charge is -2.29. The van der Waals surface area contributed by atoms with Crippen molar-refractivity contribution in [3.05, 3.63) is 41.2 Å². The van der Waals surface area contributed by atoms with Gasteiger partial charge in [-0.05, 0) is 43.7 Å². The Morgan fingerprint density at radius 2 is 1.92 bits per heavy atom. The second kappa shape index (κ2) is 11.8. The topological polar surface area (TPSA) is 118 Å². The number of fused-ring (bicyclic) bond motifs is 1. The van der Waals surface area contributed by atoms with E-state index in [-0.39, 0.29) is 18.4 Å². The first-order valence-corrected chi connectivity index (χ1v) is 14.3. The van der Waals surface area contributed by atoms with E-state index in [4.69, 9.17) is 5.11 Å². The van der Waals surface area contributed by atoms with E-state index in [0.717, 1.165) is 42.0 Å². The normalized spacial score (nSPS) is 20.1. The predicted molar refractivity (Wildman–Crippen MR) is 143 cm³/mol. The standard InChI is InChI=1S/C27H37N5O4S/c33-16-21(34)13-28-25(35)23(29-26(36)27-30-22-8-4-5-9-24(22)37-27)12-20-15-31(17-32(20)19-10-11-19)14-18-6-2-1-3-7-18/h4-5,8-9,15,18-19,21,23,33-34H,1-3,6-7,10-14,16-17H2,(H,28,35)(H,29,36)/t21-,23?/m1/s1. The van der Waals surface area contributed by atoms with E-state index in [2.05, 4.69) is 31.6 Å². The van der Waals surface area contributed by atoms with Crippen LogP contribution in [-0.4, -0.2) is 81.4 Å². The monoisotopic (exact) mass is 527 g/mol. The van der Waals surface area contributed by atoms with E-state index in [1.165, 1.54) is 43.4 Å². The molecule has 5 rings (SSSR count). The fourth-order valence-electron chi connectivity index (χ4n) is 5.34. The molecule has 10 heteroatoms. The highest BCUT2D eigenvalue weighted by Crippen LogP contribution is 2.36. The Morgan fingerprint density at radius 1 is 1.14 bits per heavy atom. The van der Waals surface area contributed by atoms with Gasteiger partial charge in [0.1, 0.15) is 6.04 Å². The van der Waals surface area contributed by atoms with Crippen LogP contribution in [0.2, 0.25) is 0 Å². The lowest BCUT2D eigenvalue weighted by molar-refractivity contribution is -0.123. The number of rotatable bonds is 11. The van der Waals surface area contributed by atoms with Crippen LogP contribution >= 0.6 is 11.3 Å². The Balaban J connectivity index is 1.31. The second-order valence-corrected chi connectivity index (χ2v) is 11.6. The molecule has 1 aromatic carbocycles. The summed E-state index contributed by atoms with van der Waals surface area (Å²) in [6.45, 7) is 1.34. The zero-order valence-corrected chi connectivity index (χ0v) is 22.0. The molecule has 0 spiro atoms. The summed E-state index contributed by atoms with van der Waals surface area (Å²) in [5.74, 6) is -0.0627. The molecule has 0 bridgehead atoms. The van der Waals surface area contributed by atoms with Crippen molar-refractivity contribution >= 4 is 33.4 Å². The maximum absolute atomic E-state index is 13.2. The van der Waals surface area contributed by atoms with Crippen molar-refractivity contribution < 1.29 is 19.8 Å². The summed E-state index contributed by atoms with van der Waals surface area (Å²) >= 11 is 1.30. The highest BCUT2D eigenvalue weighted by Gasteiger charge is 2.37. The van der Waals surface area contributed by atoms with Gasteiger partial charge in [0.25, 0.3) is 5.91 Å². The molecule has 1 unspecified atom stereocenters. The number of hydrogen-bond acceptors (Lipinski definition) is 8. The minimum Gasteiger partial charge on any atom is -0.394 e. The molecule has 1 aromatic heterocycles. The zero-order chi connectivity index (χ0) is 25.8. The molecule has 4 N–H and O–H groups in total. The summed E-state index contributed by atoms with van der Waals surface area (Å²) in [6, 6.07) is 7.23. The number of amides is 2. The predicted octanol–water partition coefficient (Wildman–Crippen LogP) is 2.41. The average molecular weight is 528 g/mol. The largest absolute Gasteiger partial charge is 0.394 e. The van der Waals surface area contributed by atoms with E-state index in [1.54, 1.807) is 0 Å². The third-order valence-corrected chi connectivity index (χ3v) is 8.52. The van der Waals surface area contributed by atoms with Gasteiger partial charge >= 0.3 is 0 Å². The Bertz CT molecular complexity index is 1090. The summed E-state index contributed by atoms with van der Waals surface area (Å²) in [4.78, 5) is 35.6. The quantitative estimate of drug-likeness (QED) is 0.354. The van der Waals surface area contributed by atoms with Gasteiger partial charge in [-0.2, -0.15) is 0 Å². The molecule has 2 aliphatic carbocycles. The Hall–Kier alpha value is -2.69. The van der Waals surface area contributed by atoms with E-state index < -0.39 is 18.8 Å². The first kappa shape index (κ1) is 25.9. The highest BCUT2D eigenvalue weighted by atomic mass is 32.1. The van der Waals surface area contributed by atoms with Crippen LogP contribution in [0.5, 0.6) is 0 Å². The van der Waals surface area contributed by atoms with Crippen molar-refractivity contribution in [1.82, 2.24) is 25.4 Å². The fraction of sp³-hybridized carbons (Fsp3) is 0.593. The molecule has 2 amide bonds. The van der Waals surface area contributed by atoms with Gasteiger partial charge in [-0.15, -0.1) is 11.3 Å². The molecule has 2 atom stereocenters. The van der Waals surface area contributed by atoms with Gasteiger partial charge < -0.3 is 30.6 Å². The van der Waals surface area contributed by atoms with Gasteiger partial charge in [0, 0.05) is 37.4 Å². The average Bonchev–Trinajstić information content (AvgIpc) is 3.54. The third-order valence-electron chi connectivity index (χ3n) is 7.49. The van der Waals surface area contributed by atoms with E-state index in [0.29, 0.717) is 23.4 Å². The van der Waals surface area contributed by atoms with Crippen LogP contribution in [0, 0.1) is 5.92 Å². The Kier molecular flexibility index (Phi) is 8.26. The molecule has 9 nitrogen and oxygen atoms in total. The van der Waals surface area contributed by atoms with E-state index in [1.807, 2.05) is 24.3 Å². The van der Waals surface area contributed by atoms with Crippen LogP contribution in [0.15, 0.2) is 36.2 Å². The molecule has 0 saturated heterocycles. The minimum absolute atomic E-state index is 0.0813. The van der Waals surface area contributed by atoms with Crippen LogP contribution in [-0.2, 0) is 4.79 Å². The van der Waals surface area contributed by atoms with Crippen LogP contribution in [0.3, 0.4) is 0 Å². The SMILES string of the molecule is O=C(NC(CC1=CN(CC2CCCCC2)CN1C1CC1)C(=O)NC[C@@H](O)CO)c1nc2ccccc2s1. The summed E-state index contributed by atoms with van der Waals surface area (Å²) in [7, 11) is 0. The number of carbonyl (C=O) groups excluding carboxylic acids is 2. The van der Waals surface area contributed by atoms with E-state index in [9.17, 15) is 14.7 Å². The Morgan fingerprint density at radius 3 is 2.65 bits per heavy atom. The number of nitrogens with one attached hydrogen (secondary N) is 2. The molecule has 2 saturated carbocycles. The molecular formula is C27H37N5O4S. The van der Waals surface area contributed by atoms with Crippen LogP contribution < -0.4 is 10.6 Å². The lowest BCUT2D eigenvalue weighted by Crippen LogP contribution is -2.49. The van der Waals surface area contributed by atoms with Crippen molar-refractivity contribution in [1.29, 1.82) is 0 Å². The summed E-state index contributed by atoms with van der Waals surface area (Å²) in [5.41, 5.74) is 1.81. The number of thiazole rings is 1. The molecule has 0 radical (unpaired) electrons. The van der Waals surface area contributed by atoms with Gasteiger partial charge in [-0.25, -0.2) is 4.98 Å². The summed E-state index contributed by atoms with van der Waals surface area (Å²) in [6.07, 6.45) is 10.3. The number of hydrogen-bond donors (Lipinski definition) is 4. The first-order valence-electron chi connectivity index (χ1n) is 13.4. The van der Waals surface area contributed by atoms with Crippen LogP contribution in [0.1, 0.15) is 61.2 Å². The Labute approximate surface area is 221 Å². The summed E-state index contributed by atoms with van der Waals surface area (Å²) in [5, 5.41) is 24.8. The molecule has 1 aliphatic heterocycles. The van der Waals surface area contributed by atoms with Crippen molar-refractivity contribution in [2.45, 2.75) is 69.6 Å². The fourth-order valence-corrected chi connectivity index (χ4v) is 6.21.